The minimum Gasteiger partial charge on any atom is -0.341 e. The van der Waals surface area contributed by atoms with E-state index in [4.69, 9.17) is 16.4 Å². The number of amides is 1. The van der Waals surface area contributed by atoms with Crippen molar-refractivity contribution in [1.82, 2.24) is 10.0 Å². The molecule has 1 N–H and O–H groups in total. The topological polar surface area (TPSA) is 60.3 Å². The number of nitrogens with one attached hydrogen (secondary N) is 1. The van der Waals surface area contributed by atoms with Gasteiger partial charge < -0.3 is 9.40 Å². The fourth-order valence-corrected chi connectivity index (χ4v) is 5.10. The summed E-state index contributed by atoms with van der Waals surface area (Å²) in [6.45, 7) is 1.63. The predicted molar refractivity (Wildman–Crippen MR) is 161 cm³/mol. The van der Waals surface area contributed by atoms with Gasteiger partial charge in [-0.3, -0.25) is 4.79 Å². The normalized spacial score (nSPS) is 12.2. The van der Waals surface area contributed by atoms with Crippen molar-refractivity contribution in [2.45, 2.75) is 38.4 Å². The minimum atomic E-state index is -4.38. The minimum absolute atomic E-state index is 0.0971. The van der Waals surface area contributed by atoms with Gasteiger partial charge in [-0.2, -0.15) is 18.7 Å². The van der Waals surface area contributed by atoms with Crippen LogP contribution in [0.4, 0.5) is 13.2 Å². The Morgan fingerprint density at radius 2 is 1.56 bits per heavy atom. The molecule has 220 valence electrons. The molecule has 5 nitrogen and oxygen atoms in total. The van der Waals surface area contributed by atoms with E-state index in [0.29, 0.717) is 16.1 Å². The fourth-order valence-electron chi connectivity index (χ4n) is 4.98. The van der Waals surface area contributed by atoms with Crippen LogP contribution >= 0.6 is 11.6 Å². The summed E-state index contributed by atoms with van der Waals surface area (Å²) >= 11 is 6.08. The highest BCUT2D eigenvalue weighted by Crippen LogP contribution is 2.34. The van der Waals surface area contributed by atoms with Crippen LogP contribution in [0.15, 0.2) is 103 Å². The number of hydroxylamine groups is 1. The summed E-state index contributed by atoms with van der Waals surface area (Å²) < 4.78 is 41.3. The zero-order valence-corrected chi connectivity index (χ0v) is 24.0. The lowest BCUT2D eigenvalue weighted by molar-refractivity contribution is -0.148. The van der Waals surface area contributed by atoms with E-state index in [1.165, 1.54) is 12.1 Å². The summed E-state index contributed by atoms with van der Waals surface area (Å²) in [6, 6.07) is 27.7. The molecule has 1 unspecified atom stereocenters. The van der Waals surface area contributed by atoms with E-state index < -0.39 is 23.6 Å². The zero-order valence-electron chi connectivity index (χ0n) is 23.2. The Hall–Kier alpha value is -4.56. The summed E-state index contributed by atoms with van der Waals surface area (Å²) in [4.78, 5) is 28.6. The molecule has 5 aromatic rings. The SMILES string of the molecule is CCC(=O)ONC(=O)c1ccc(C(CCc2ccc(Cl)cc2)n2ccc3cc(-c4ccc(C(F)(F)F)cc4)ccc32)cc1. The van der Waals surface area contributed by atoms with Gasteiger partial charge >= 0.3 is 12.1 Å². The highest BCUT2D eigenvalue weighted by atomic mass is 35.5. The third-order valence-corrected chi connectivity index (χ3v) is 7.58. The zero-order chi connectivity index (χ0) is 30.6. The van der Waals surface area contributed by atoms with E-state index in [0.717, 1.165) is 52.6 Å². The maximum absolute atomic E-state index is 13.0. The van der Waals surface area contributed by atoms with Gasteiger partial charge in [-0.25, -0.2) is 4.79 Å². The van der Waals surface area contributed by atoms with Crippen molar-refractivity contribution >= 4 is 34.4 Å². The van der Waals surface area contributed by atoms with Gasteiger partial charge in [0.25, 0.3) is 5.91 Å². The number of hydrogen-bond acceptors (Lipinski definition) is 3. The summed E-state index contributed by atoms with van der Waals surface area (Å²) in [5.74, 6) is -1.05. The average molecular weight is 605 g/mol. The number of fused-ring (bicyclic) bond motifs is 1. The van der Waals surface area contributed by atoms with Gasteiger partial charge in [-0.05, 0) is 89.7 Å². The van der Waals surface area contributed by atoms with Crippen LogP contribution in [0.5, 0.6) is 0 Å². The van der Waals surface area contributed by atoms with Crippen LogP contribution in [0.25, 0.3) is 22.0 Å². The number of carbonyl (C=O) groups is 2. The van der Waals surface area contributed by atoms with Crippen LogP contribution in [0.1, 0.15) is 52.9 Å². The molecular formula is C34H28ClF3N2O3. The van der Waals surface area contributed by atoms with Gasteiger partial charge in [0.2, 0.25) is 0 Å². The molecule has 0 aliphatic rings. The molecule has 1 heterocycles. The van der Waals surface area contributed by atoms with Crippen molar-refractivity contribution in [1.29, 1.82) is 0 Å². The van der Waals surface area contributed by atoms with Crippen molar-refractivity contribution in [3.63, 3.8) is 0 Å². The Bertz CT molecular complexity index is 1730. The van der Waals surface area contributed by atoms with Gasteiger partial charge in [0.15, 0.2) is 0 Å². The highest BCUT2D eigenvalue weighted by Gasteiger charge is 2.30. The van der Waals surface area contributed by atoms with E-state index in [2.05, 4.69) is 10.0 Å². The van der Waals surface area contributed by atoms with E-state index in [1.807, 2.05) is 66.9 Å². The summed E-state index contributed by atoms with van der Waals surface area (Å²) in [5, 5.41) is 1.61. The Kier molecular flexibility index (Phi) is 8.87. The van der Waals surface area contributed by atoms with Gasteiger partial charge in [0, 0.05) is 34.1 Å². The molecule has 1 atom stereocenters. The number of halogens is 4. The molecule has 0 saturated heterocycles. The van der Waals surface area contributed by atoms with Gasteiger partial charge in [0.05, 0.1) is 11.6 Å². The fraction of sp³-hybridized carbons (Fsp3) is 0.176. The quantitative estimate of drug-likeness (QED) is 0.180. The Morgan fingerprint density at radius 1 is 0.884 bits per heavy atom. The maximum Gasteiger partial charge on any atom is 0.416 e. The lowest BCUT2D eigenvalue weighted by Gasteiger charge is -2.22. The van der Waals surface area contributed by atoms with Crippen LogP contribution in [-0.4, -0.2) is 16.4 Å². The van der Waals surface area contributed by atoms with Crippen LogP contribution in [0.2, 0.25) is 5.02 Å². The number of aromatic nitrogens is 1. The van der Waals surface area contributed by atoms with Gasteiger partial charge in [0.1, 0.15) is 0 Å². The van der Waals surface area contributed by atoms with Crippen molar-refractivity contribution in [3.05, 3.63) is 131 Å². The van der Waals surface area contributed by atoms with Gasteiger partial charge in [-0.15, -0.1) is 0 Å². The first kappa shape index (κ1) is 29.9. The van der Waals surface area contributed by atoms with Crippen molar-refractivity contribution in [2.24, 2.45) is 0 Å². The smallest absolute Gasteiger partial charge is 0.341 e. The molecular weight excluding hydrogens is 577 g/mol. The lowest BCUT2D eigenvalue weighted by Crippen LogP contribution is -2.26. The van der Waals surface area contributed by atoms with Crippen molar-refractivity contribution in [2.75, 3.05) is 0 Å². The molecule has 0 radical (unpaired) electrons. The summed E-state index contributed by atoms with van der Waals surface area (Å²) in [5.41, 5.74) is 6.41. The predicted octanol–water partition coefficient (Wildman–Crippen LogP) is 8.80. The second kappa shape index (κ2) is 12.8. The molecule has 4 aromatic carbocycles. The first-order valence-electron chi connectivity index (χ1n) is 13.7. The third kappa shape index (κ3) is 7.09. The molecule has 0 fully saturated rings. The number of hydrogen-bond donors (Lipinski definition) is 1. The largest absolute Gasteiger partial charge is 0.416 e. The molecule has 0 bridgehead atoms. The Balaban J connectivity index is 1.44. The highest BCUT2D eigenvalue weighted by molar-refractivity contribution is 6.30. The third-order valence-electron chi connectivity index (χ3n) is 7.33. The van der Waals surface area contributed by atoms with E-state index in [1.54, 1.807) is 19.1 Å². The first-order valence-corrected chi connectivity index (χ1v) is 14.1. The summed E-state index contributed by atoms with van der Waals surface area (Å²) in [6.07, 6.45) is -0.736. The van der Waals surface area contributed by atoms with Crippen molar-refractivity contribution in [3.8, 4) is 11.1 Å². The molecule has 0 aliphatic heterocycles. The second-order valence-electron chi connectivity index (χ2n) is 10.1. The molecule has 43 heavy (non-hydrogen) atoms. The number of benzene rings is 4. The number of carbonyl (C=O) groups excluding carboxylic acids is 2. The molecule has 0 spiro atoms. The standard InChI is InChI=1S/C34H28ClF3N2O3/c1-2-32(41)43-39-33(42)25-8-6-24(7-9-25)30(17-5-22-3-15-29(35)16-4-22)40-20-19-27-21-26(12-18-31(27)40)23-10-13-28(14-11-23)34(36,37)38/h3-4,6-16,18-21,30H,2,5,17H2,1H3,(H,39,42). The average Bonchev–Trinajstić information content (AvgIpc) is 3.43. The van der Waals surface area contributed by atoms with Crippen LogP contribution in [0.3, 0.4) is 0 Å². The monoisotopic (exact) mass is 604 g/mol. The number of alkyl halides is 3. The summed E-state index contributed by atoms with van der Waals surface area (Å²) in [7, 11) is 0. The maximum atomic E-state index is 13.0. The number of rotatable bonds is 8. The van der Waals surface area contributed by atoms with E-state index >= 15 is 0 Å². The molecule has 9 heteroatoms. The van der Waals surface area contributed by atoms with Crippen molar-refractivity contribution < 1.29 is 27.6 Å². The second-order valence-corrected chi connectivity index (χ2v) is 10.6. The first-order chi connectivity index (χ1) is 20.6. The van der Waals surface area contributed by atoms with E-state index in [-0.39, 0.29) is 12.5 Å². The molecule has 0 aliphatic carbocycles. The van der Waals surface area contributed by atoms with Crippen LogP contribution < -0.4 is 5.48 Å². The molecule has 1 amide bonds. The van der Waals surface area contributed by atoms with Crippen LogP contribution in [-0.2, 0) is 22.2 Å². The molecule has 0 saturated carbocycles. The Morgan fingerprint density at radius 3 is 2.21 bits per heavy atom. The number of aryl methyl sites for hydroxylation is 1. The molecule has 5 rings (SSSR count). The van der Waals surface area contributed by atoms with Crippen LogP contribution in [0, 0.1) is 0 Å². The molecule has 1 aromatic heterocycles. The number of nitrogens with zero attached hydrogens (tertiary/aromatic N) is 1. The van der Waals surface area contributed by atoms with E-state index in [9.17, 15) is 22.8 Å². The van der Waals surface area contributed by atoms with Gasteiger partial charge in [-0.1, -0.05) is 61.0 Å². The Labute approximate surface area is 251 Å². The lowest BCUT2D eigenvalue weighted by atomic mass is 9.97.